The van der Waals surface area contributed by atoms with Gasteiger partial charge in [0, 0.05) is 11.9 Å². The number of fused-ring (bicyclic) bond motifs is 1. The third-order valence-corrected chi connectivity index (χ3v) is 3.92. The number of hydrogen-bond acceptors (Lipinski definition) is 5. The van der Waals surface area contributed by atoms with E-state index in [0.717, 1.165) is 16.9 Å². The number of halogens is 2. The molecule has 0 spiro atoms. The molecular weight excluding hydrogens is 352 g/mol. The maximum absolute atomic E-state index is 12.2. The fourth-order valence-electron chi connectivity index (χ4n) is 2.79. The van der Waals surface area contributed by atoms with Crippen molar-refractivity contribution < 1.29 is 13.5 Å². The minimum atomic E-state index is -2.85. The standard InChI is InChI=1S/C19H15F2N5O/c1-12-23-15-4-2-3-5-16(15)26(12)19-22-11-10-17(25-19)24-13-6-8-14(9-7-13)27-18(20)21/h2-11,18H,1H3,(H,22,24,25). The number of ether oxygens (including phenoxy) is 1. The molecule has 0 radical (unpaired) electrons. The molecule has 4 aromatic rings. The van der Waals surface area contributed by atoms with Crippen molar-refractivity contribution in [1.29, 1.82) is 0 Å². The number of benzene rings is 2. The lowest BCUT2D eigenvalue weighted by Crippen LogP contribution is -2.05. The maximum Gasteiger partial charge on any atom is 0.387 e. The van der Waals surface area contributed by atoms with Crippen LogP contribution >= 0.6 is 0 Å². The zero-order valence-electron chi connectivity index (χ0n) is 14.3. The van der Waals surface area contributed by atoms with E-state index >= 15 is 0 Å². The van der Waals surface area contributed by atoms with Crippen LogP contribution in [0.25, 0.3) is 17.0 Å². The monoisotopic (exact) mass is 367 g/mol. The third-order valence-electron chi connectivity index (χ3n) is 3.92. The Bertz CT molecular complexity index is 1080. The Balaban J connectivity index is 1.62. The number of hydrogen-bond donors (Lipinski definition) is 1. The van der Waals surface area contributed by atoms with Gasteiger partial charge in [-0.05, 0) is 49.4 Å². The van der Waals surface area contributed by atoms with Crippen LogP contribution < -0.4 is 10.1 Å². The first-order chi connectivity index (χ1) is 13.1. The average Bonchev–Trinajstić information content (AvgIpc) is 2.99. The summed E-state index contributed by atoms with van der Waals surface area (Å²) in [6.45, 7) is -0.952. The summed E-state index contributed by atoms with van der Waals surface area (Å²) in [5.41, 5.74) is 2.47. The predicted molar refractivity (Wildman–Crippen MR) is 97.8 cm³/mol. The lowest BCUT2D eigenvalue weighted by atomic mass is 10.3. The molecule has 1 N–H and O–H groups in total. The van der Waals surface area contributed by atoms with Crippen molar-refractivity contribution >= 4 is 22.5 Å². The second kappa shape index (κ2) is 6.99. The normalized spacial score (nSPS) is 11.1. The first kappa shape index (κ1) is 16.9. The lowest BCUT2D eigenvalue weighted by Gasteiger charge is -2.10. The molecule has 0 amide bonds. The summed E-state index contributed by atoms with van der Waals surface area (Å²) >= 11 is 0. The second-order valence-electron chi connectivity index (χ2n) is 5.75. The number of alkyl halides is 2. The van der Waals surface area contributed by atoms with Gasteiger partial charge in [0.2, 0.25) is 5.95 Å². The third kappa shape index (κ3) is 3.55. The molecule has 27 heavy (non-hydrogen) atoms. The molecule has 6 nitrogen and oxygen atoms in total. The van der Waals surface area contributed by atoms with Crippen LogP contribution in [0, 0.1) is 6.92 Å². The molecule has 0 aliphatic carbocycles. The zero-order valence-corrected chi connectivity index (χ0v) is 14.3. The van der Waals surface area contributed by atoms with Gasteiger partial charge in [-0.25, -0.2) is 9.97 Å². The Morgan fingerprint density at radius 3 is 2.56 bits per heavy atom. The summed E-state index contributed by atoms with van der Waals surface area (Å²) in [6, 6.07) is 15.7. The molecule has 0 saturated carbocycles. The van der Waals surface area contributed by atoms with Gasteiger partial charge in [-0.15, -0.1) is 0 Å². The van der Waals surface area contributed by atoms with Crippen molar-refractivity contribution in [2.24, 2.45) is 0 Å². The van der Waals surface area contributed by atoms with E-state index in [4.69, 9.17) is 0 Å². The molecule has 2 heterocycles. The highest BCUT2D eigenvalue weighted by Gasteiger charge is 2.11. The Morgan fingerprint density at radius 1 is 1.00 bits per heavy atom. The molecule has 2 aromatic heterocycles. The molecule has 136 valence electrons. The number of rotatable bonds is 5. The topological polar surface area (TPSA) is 64.9 Å². The average molecular weight is 367 g/mol. The van der Waals surface area contributed by atoms with E-state index in [0.29, 0.717) is 17.5 Å². The lowest BCUT2D eigenvalue weighted by molar-refractivity contribution is -0.0498. The minimum Gasteiger partial charge on any atom is -0.435 e. The van der Waals surface area contributed by atoms with E-state index in [1.54, 1.807) is 24.4 Å². The van der Waals surface area contributed by atoms with E-state index in [2.05, 4.69) is 25.0 Å². The van der Waals surface area contributed by atoms with E-state index in [9.17, 15) is 8.78 Å². The fourth-order valence-corrected chi connectivity index (χ4v) is 2.79. The molecule has 0 atom stereocenters. The van der Waals surface area contributed by atoms with E-state index in [-0.39, 0.29) is 5.75 Å². The fraction of sp³-hybridized carbons (Fsp3) is 0.105. The van der Waals surface area contributed by atoms with E-state index in [1.165, 1.54) is 12.1 Å². The van der Waals surface area contributed by atoms with Gasteiger partial charge < -0.3 is 10.1 Å². The van der Waals surface area contributed by atoms with Crippen molar-refractivity contribution in [2.75, 3.05) is 5.32 Å². The number of aryl methyl sites for hydroxylation is 1. The molecule has 4 rings (SSSR count). The Morgan fingerprint density at radius 2 is 1.78 bits per heavy atom. The molecule has 0 saturated heterocycles. The van der Waals surface area contributed by atoms with Crippen molar-refractivity contribution in [1.82, 2.24) is 19.5 Å². The zero-order chi connectivity index (χ0) is 18.8. The molecule has 0 aliphatic heterocycles. The van der Waals surface area contributed by atoms with E-state index in [1.807, 2.05) is 35.8 Å². The number of para-hydroxylation sites is 2. The molecule has 8 heteroatoms. The summed E-state index contributed by atoms with van der Waals surface area (Å²) in [4.78, 5) is 13.4. The van der Waals surface area contributed by atoms with Gasteiger partial charge in [-0.1, -0.05) is 12.1 Å². The van der Waals surface area contributed by atoms with Gasteiger partial charge in [0.25, 0.3) is 0 Å². The molecular formula is C19H15F2N5O. The number of nitrogens with one attached hydrogen (secondary N) is 1. The minimum absolute atomic E-state index is 0.0967. The van der Waals surface area contributed by atoms with E-state index < -0.39 is 6.61 Å². The van der Waals surface area contributed by atoms with Crippen LogP contribution in [0.15, 0.2) is 60.8 Å². The van der Waals surface area contributed by atoms with Gasteiger partial charge in [0.1, 0.15) is 17.4 Å². The second-order valence-corrected chi connectivity index (χ2v) is 5.75. The highest BCUT2D eigenvalue weighted by molar-refractivity contribution is 5.77. The van der Waals surface area contributed by atoms with Crippen LogP contribution in [0.1, 0.15) is 5.82 Å². The van der Waals surface area contributed by atoms with Crippen molar-refractivity contribution in [3.8, 4) is 11.7 Å². The first-order valence-electron chi connectivity index (χ1n) is 8.19. The molecule has 0 unspecified atom stereocenters. The van der Waals surface area contributed by atoms with Crippen LogP contribution in [0.3, 0.4) is 0 Å². The Hall–Kier alpha value is -3.55. The largest absolute Gasteiger partial charge is 0.435 e. The van der Waals surface area contributed by atoms with Gasteiger partial charge in [-0.2, -0.15) is 13.8 Å². The first-order valence-corrected chi connectivity index (χ1v) is 8.19. The molecule has 0 aliphatic rings. The molecule has 0 fully saturated rings. The van der Waals surface area contributed by atoms with Crippen molar-refractivity contribution in [3.63, 3.8) is 0 Å². The summed E-state index contributed by atoms with van der Waals surface area (Å²) in [6.07, 6.45) is 1.65. The van der Waals surface area contributed by atoms with Crippen LogP contribution in [0.2, 0.25) is 0 Å². The number of anilines is 2. The van der Waals surface area contributed by atoms with Crippen LogP contribution in [0.5, 0.6) is 5.75 Å². The SMILES string of the molecule is Cc1nc2ccccc2n1-c1nccc(Nc2ccc(OC(F)F)cc2)n1. The summed E-state index contributed by atoms with van der Waals surface area (Å²) < 4.78 is 30.7. The molecule has 2 aromatic carbocycles. The number of imidazole rings is 1. The Kier molecular flexibility index (Phi) is 4.37. The van der Waals surface area contributed by atoms with Gasteiger partial charge in [-0.3, -0.25) is 4.57 Å². The smallest absolute Gasteiger partial charge is 0.387 e. The highest BCUT2D eigenvalue weighted by Crippen LogP contribution is 2.22. The summed E-state index contributed by atoms with van der Waals surface area (Å²) in [5, 5.41) is 3.13. The van der Waals surface area contributed by atoms with Gasteiger partial charge in [0.05, 0.1) is 11.0 Å². The number of aromatic nitrogens is 4. The predicted octanol–water partition coefficient (Wildman–Crippen LogP) is 4.47. The maximum atomic E-state index is 12.2. The molecule has 0 bridgehead atoms. The van der Waals surface area contributed by atoms with Crippen LogP contribution in [-0.4, -0.2) is 26.1 Å². The van der Waals surface area contributed by atoms with Crippen molar-refractivity contribution in [3.05, 3.63) is 66.6 Å². The van der Waals surface area contributed by atoms with Gasteiger partial charge in [0.15, 0.2) is 0 Å². The van der Waals surface area contributed by atoms with Crippen molar-refractivity contribution in [2.45, 2.75) is 13.5 Å². The van der Waals surface area contributed by atoms with Gasteiger partial charge >= 0.3 is 6.61 Å². The highest BCUT2D eigenvalue weighted by atomic mass is 19.3. The summed E-state index contributed by atoms with van der Waals surface area (Å²) in [7, 11) is 0. The number of nitrogens with zero attached hydrogens (tertiary/aromatic N) is 4. The van der Waals surface area contributed by atoms with Crippen LogP contribution in [0.4, 0.5) is 20.3 Å². The Labute approximate surface area is 153 Å². The quantitative estimate of drug-likeness (QED) is 0.564. The van der Waals surface area contributed by atoms with Crippen LogP contribution in [-0.2, 0) is 0 Å². The summed E-state index contributed by atoms with van der Waals surface area (Å²) in [5.74, 6) is 1.94.